The van der Waals surface area contributed by atoms with Crippen molar-refractivity contribution in [2.45, 2.75) is 6.42 Å². The van der Waals surface area contributed by atoms with Crippen LogP contribution in [0.4, 0.5) is 0 Å². The van der Waals surface area contributed by atoms with Crippen molar-refractivity contribution in [2.24, 2.45) is 12.8 Å². The van der Waals surface area contributed by atoms with Crippen molar-refractivity contribution in [3.63, 3.8) is 0 Å². The number of aryl methyl sites for hydroxylation is 1. The molecule has 8 heteroatoms. The normalized spacial score (nSPS) is 11.2. The Hall–Kier alpha value is -2.77. The first-order valence-corrected chi connectivity index (χ1v) is 8.71. The van der Waals surface area contributed by atoms with Gasteiger partial charge in [0.1, 0.15) is 5.52 Å². The molecule has 0 amide bonds. The highest BCUT2D eigenvalue weighted by atomic mass is 35.5. The number of H-pyrrole nitrogens is 1. The zero-order chi connectivity index (χ0) is 18.3. The summed E-state index contributed by atoms with van der Waals surface area (Å²) in [4.78, 5) is 4.84. The molecule has 1 aromatic carbocycles. The summed E-state index contributed by atoms with van der Waals surface area (Å²) in [5.41, 5.74) is 10.9. The Kier molecular flexibility index (Phi) is 4.18. The van der Waals surface area contributed by atoms with Crippen LogP contribution in [-0.4, -0.2) is 30.0 Å². The zero-order valence-electron chi connectivity index (χ0n) is 13.9. The van der Waals surface area contributed by atoms with Gasteiger partial charge in [0, 0.05) is 53.6 Å². The number of benzene rings is 1. The molecule has 6 nitrogen and oxygen atoms in total. The highest BCUT2D eigenvalue weighted by Crippen LogP contribution is 2.35. The number of thiocarbonyl (C=S) groups is 1. The molecular formula is C18H15ClN6S. The predicted octanol–water partition coefficient (Wildman–Crippen LogP) is 3.51. The van der Waals surface area contributed by atoms with Gasteiger partial charge in [0.05, 0.1) is 21.9 Å². The summed E-state index contributed by atoms with van der Waals surface area (Å²) in [6, 6.07) is 7.67. The van der Waals surface area contributed by atoms with Gasteiger partial charge in [0.15, 0.2) is 0 Å². The van der Waals surface area contributed by atoms with Crippen molar-refractivity contribution >= 4 is 39.7 Å². The van der Waals surface area contributed by atoms with Crippen LogP contribution in [0.3, 0.4) is 0 Å². The van der Waals surface area contributed by atoms with Gasteiger partial charge < -0.3 is 5.73 Å². The summed E-state index contributed by atoms with van der Waals surface area (Å²) in [6.45, 7) is 0. The monoisotopic (exact) mass is 382 g/mol. The van der Waals surface area contributed by atoms with Crippen molar-refractivity contribution in [1.29, 1.82) is 0 Å². The van der Waals surface area contributed by atoms with Crippen LogP contribution in [0.2, 0.25) is 5.02 Å². The molecule has 3 aromatic heterocycles. The van der Waals surface area contributed by atoms with E-state index in [4.69, 9.17) is 29.6 Å². The molecule has 0 aliphatic carbocycles. The van der Waals surface area contributed by atoms with Crippen molar-refractivity contribution in [1.82, 2.24) is 25.0 Å². The third-order valence-electron chi connectivity index (χ3n) is 4.14. The molecule has 0 radical (unpaired) electrons. The van der Waals surface area contributed by atoms with Gasteiger partial charge in [-0.05, 0) is 24.3 Å². The maximum Gasteiger partial charge on any atom is 0.100 e. The number of aromatic amines is 1. The Morgan fingerprint density at radius 2 is 2.19 bits per heavy atom. The third-order valence-corrected chi connectivity index (χ3v) is 4.59. The summed E-state index contributed by atoms with van der Waals surface area (Å²) in [7, 11) is 1.88. The fourth-order valence-corrected chi connectivity index (χ4v) is 3.37. The molecule has 3 heterocycles. The van der Waals surface area contributed by atoms with Crippen LogP contribution in [0.5, 0.6) is 0 Å². The van der Waals surface area contributed by atoms with Crippen LogP contribution in [0, 0.1) is 0 Å². The lowest BCUT2D eigenvalue weighted by Crippen LogP contribution is -2.11. The first-order chi connectivity index (χ1) is 12.5. The Balaban J connectivity index is 2.01. The minimum Gasteiger partial charge on any atom is -0.393 e. The van der Waals surface area contributed by atoms with Crippen LogP contribution < -0.4 is 5.73 Å². The number of halogens is 1. The van der Waals surface area contributed by atoms with Crippen molar-refractivity contribution in [2.75, 3.05) is 0 Å². The SMILES string of the molecule is Cn1cc(-c2cc(-c3ncccc3Cl)cc3c(CC(N)=S)[nH]nc23)cn1. The lowest BCUT2D eigenvalue weighted by molar-refractivity contribution is 0.768. The van der Waals surface area contributed by atoms with Crippen LogP contribution >= 0.6 is 23.8 Å². The number of aromatic nitrogens is 5. The van der Waals surface area contributed by atoms with Crippen LogP contribution in [0.15, 0.2) is 42.9 Å². The molecule has 0 bridgehead atoms. The summed E-state index contributed by atoms with van der Waals surface area (Å²) < 4.78 is 1.75. The molecule has 0 aliphatic heterocycles. The number of hydrogen-bond acceptors (Lipinski definition) is 4. The summed E-state index contributed by atoms with van der Waals surface area (Å²) in [6.07, 6.45) is 5.92. The quantitative estimate of drug-likeness (QED) is 0.527. The van der Waals surface area contributed by atoms with E-state index in [1.807, 2.05) is 37.5 Å². The standard InChI is InChI=1S/C18H15ClN6S/c1-25-9-11(8-22-25)12-5-10(17-14(19)3-2-4-21-17)6-13-15(7-16(20)26)23-24-18(12)13/h2-6,8-9H,7H2,1H3,(H2,20,26)(H,23,24). The lowest BCUT2D eigenvalue weighted by atomic mass is 9.98. The molecule has 0 atom stereocenters. The smallest absolute Gasteiger partial charge is 0.100 e. The molecule has 0 saturated carbocycles. The Morgan fingerprint density at radius 1 is 1.35 bits per heavy atom. The van der Waals surface area contributed by atoms with Crippen LogP contribution in [-0.2, 0) is 13.5 Å². The largest absolute Gasteiger partial charge is 0.393 e. The van der Waals surface area contributed by atoms with Gasteiger partial charge in [-0.3, -0.25) is 14.8 Å². The van der Waals surface area contributed by atoms with Gasteiger partial charge in [-0.2, -0.15) is 10.2 Å². The van der Waals surface area contributed by atoms with E-state index >= 15 is 0 Å². The first-order valence-electron chi connectivity index (χ1n) is 7.92. The van der Waals surface area contributed by atoms with Crippen LogP contribution in [0.25, 0.3) is 33.3 Å². The minimum atomic E-state index is 0.403. The average Bonchev–Trinajstić information content (AvgIpc) is 3.21. The van der Waals surface area contributed by atoms with E-state index < -0.39 is 0 Å². The number of nitrogens with zero attached hydrogens (tertiary/aromatic N) is 4. The molecule has 0 aliphatic rings. The van der Waals surface area contributed by atoms with Gasteiger partial charge in [0.2, 0.25) is 0 Å². The van der Waals surface area contributed by atoms with Crippen molar-refractivity contribution < 1.29 is 0 Å². The number of pyridine rings is 1. The molecule has 4 rings (SSSR count). The highest BCUT2D eigenvalue weighted by molar-refractivity contribution is 7.80. The fourth-order valence-electron chi connectivity index (χ4n) is 2.99. The molecule has 0 saturated heterocycles. The molecule has 0 unspecified atom stereocenters. The Labute approximate surface area is 160 Å². The highest BCUT2D eigenvalue weighted by Gasteiger charge is 2.17. The molecule has 4 aromatic rings. The van der Waals surface area contributed by atoms with E-state index in [-0.39, 0.29) is 0 Å². The first kappa shape index (κ1) is 16.7. The number of nitrogens with one attached hydrogen (secondary N) is 1. The lowest BCUT2D eigenvalue weighted by Gasteiger charge is -2.08. The maximum absolute atomic E-state index is 6.37. The molecule has 130 valence electrons. The Morgan fingerprint density at radius 3 is 2.88 bits per heavy atom. The topological polar surface area (TPSA) is 85.4 Å². The zero-order valence-corrected chi connectivity index (χ0v) is 15.5. The van der Waals surface area contributed by atoms with Crippen molar-refractivity contribution in [3.05, 3.63) is 53.6 Å². The van der Waals surface area contributed by atoms with E-state index in [1.165, 1.54) is 0 Å². The molecule has 0 fully saturated rings. The van der Waals surface area contributed by atoms with E-state index in [0.29, 0.717) is 22.1 Å². The number of rotatable bonds is 4. The molecule has 26 heavy (non-hydrogen) atoms. The summed E-state index contributed by atoms with van der Waals surface area (Å²) in [5, 5.41) is 13.3. The van der Waals surface area contributed by atoms with Gasteiger partial charge in [0.25, 0.3) is 0 Å². The van der Waals surface area contributed by atoms with E-state index in [1.54, 1.807) is 17.1 Å². The van der Waals surface area contributed by atoms with Crippen LogP contribution in [0.1, 0.15) is 5.69 Å². The average molecular weight is 383 g/mol. The van der Waals surface area contributed by atoms with E-state index in [2.05, 4.69) is 20.3 Å². The third kappa shape index (κ3) is 2.95. The summed E-state index contributed by atoms with van der Waals surface area (Å²) >= 11 is 11.4. The van der Waals surface area contributed by atoms with Gasteiger partial charge >= 0.3 is 0 Å². The van der Waals surface area contributed by atoms with Gasteiger partial charge in [-0.15, -0.1) is 0 Å². The fraction of sp³-hybridized carbons (Fsp3) is 0.111. The van der Waals surface area contributed by atoms with Gasteiger partial charge in [-0.1, -0.05) is 23.8 Å². The molecule has 0 spiro atoms. The second-order valence-corrected chi connectivity index (χ2v) is 6.93. The van der Waals surface area contributed by atoms with E-state index in [0.717, 1.165) is 33.3 Å². The van der Waals surface area contributed by atoms with Gasteiger partial charge in [-0.25, -0.2) is 0 Å². The maximum atomic E-state index is 6.37. The summed E-state index contributed by atoms with van der Waals surface area (Å²) in [5.74, 6) is 0. The van der Waals surface area contributed by atoms with E-state index in [9.17, 15) is 0 Å². The number of hydrogen-bond donors (Lipinski definition) is 2. The molecule has 3 N–H and O–H groups in total. The molecular weight excluding hydrogens is 368 g/mol. The predicted molar refractivity (Wildman–Crippen MR) is 107 cm³/mol. The second-order valence-electron chi connectivity index (χ2n) is 6.00. The number of fused-ring (bicyclic) bond motifs is 1. The minimum absolute atomic E-state index is 0.403. The second kappa shape index (κ2) is 6.51. The number of nitrogens with two attached hydrogens (primary N) is 1. The Bertz CT molecular complexity index is 1130. The van der Waals surface area contributed by atoms with Crippen molar-refractivity contribution in [3.8, 4) is 22.4 Å².